The fraction of sp³-hybridized carbons (Fsp3) is 0.571. The van der Waals surface area contributed by atoms with Crippen LogP contribution in [0.2, 0.25) is 0 Å². The molecule has 0 aromatic carbocycles. The van der Waals surface area contributed by atoms with E-state index in [1.54, 1.807) is 16.8 Å². The van der Waals surface area contributed by atoms with Crippen LogP contribution >= 0.6 is 22.6 Å². The van der Waals surface area contributed by atoms with Gasteiger partial charge in [-0.3, -0.25) is 0 Å². The highest BCUT2D eigenvalue weighted by molar-refractivity contribution is 14.1. The van der Waals surface area contributed by atoms with Crippen molar-refractivity contribution in [1.82, 2.24) is 14.6 Å². The molecule has 2 aromatic rings. The van der Waals surface area contributed by atoms with E-state index in [0.717, 1.165) is 16.5 Å². The molecule has 2 aromatic heterocycles. The zero-order chi connectivity index (χ0) is 16.4. The maximum absolute atomic E-state index is 12.3. The predicted molar refractivity (Wildman–Crippen MR) is 90.7 cm³/mol. The number of halogens is 4. The SMILES string of the molecule is FC(F)(F)CCNc1cc(NC2CCCC2)nn2c(I)cnc12. The van der Waals surface area contributed by atoms with Gasteiger partial charge in [0.05, 0.1) is 18.3 Å². The number of imidazole rings is 1. The summed E-state index contributed by atoms with van der Waals surface area (Å²) in [5, 5.41) is 10.7. The van der Waals surface area contributed by atoms with Crippen molar-refractivity contribution in [3.8, 4) is 0 Å². The number of hydrogen-bond donors (Lipinski definition) is 2. The Morgan fingerprint density at radius 1 is 1.30 bits per heavy atom. The Labute approximate surface area is 145 Å². The van der Waals surface area contributed by atoms with Crippen molar-refractivity contribution in [2.45, 2.75) is 44.3 Å². The monoisotopic (exact) mass is 439 g/mol. The molecule has 0 amide bonds. The summed E-state index contributed by atoms with van der Waals surface area (Å²) in [5.74, 6) is 0.662. The second kappa shape index (κ2) is 6.70. The van der Waals surface area contributed by atoms with E-state index in [1.165, 1.54) is 12.8 Å². The van der Waals surface area contributed by atoms with E-state index in [4.69, 9.17) is 0 Å². The minimum absolute atomic E-state index is 0.185. The predicted octanol–water partition coefficient (Wildman–Crippen LogP) is 4.05. The first-order chi connectivity index (χ1) is 10.9. The van der Waals surface area contributed by atoms with Gasteiger partial charge in [0.15, 0.2) is 5.65 Å². The summed E-state index contributed by atoms with van der Waals surface area (Å²) in [6.45, 7) is -0.185. The normalized spacial score (nSPS) is 16.2. The molecule has 23 heavy (non-hydrogen) atoms. The molecule has 5 nitrogen and oxygen atoms in total. The highest BCUT2D eigenvalue weighted by Crippen LogP contribution is 2.26. The van der Waals surface area contributed by atoms with Gasteiger partial charge in [-0.15, -0.1) is 5.10 Å². The Bertz CT molecular complexity index is 679. The lowest BCUT2D eigenvalue weighted by atomic mass is 10.2. The molecule has 0 radical (unpaired) electrons. The van der Waals surface area contributed by atoms with Crippen LogP contribution in [0.1, 0.15) is 32.1 Å². The minimum atomic E-state index is -4.18. The van der Waals surface area contributed by atoms with E-state index in [0.29, 0.717) is 23.2 Å². The van der Waals surface area contributed by atoms with Crippen molar-refractivity contribution in [3.63, 3.8) is 0 Å². The molecule has 2 N–H and O–H groups in total. The average molecular weight is 439 g/mol. The number of aromatic nitrogens is 3. The summed E-state index contributed by atoms with van der Waals surface area (Å²) < 4.78 is 39.5. The number of hydrogen-bond acceptors (Lipinski definition) is 4. The first-order valence-electron chi connectivity index (χ1n) is 7.54. The third-order valence-corrected chi connectivity index (χ3v) is 4.59. The fourth-order valence-corrected chi connectivity index (χ4v) is 3.24. The summed E-state index contributed by atoms with van der Waals surface area (Å²) in [6, 6.07) is 2.12. The molecule has 0 atom stereocenters. The van der Waals surface area contributed by atoms with Gasteiger partial charge in [0, 0.05) is 18.7 Å². The molecular weight excluding hydrogens is 422 g/mol. The third kappa shape index (κ3) is 4.18. The second-order valence-electron chi connectivity index (χ2n) is 5.68. The Morgan fingerprint density at radius 2 is 2.04 bits per heavy atom. The van der Waals surface area contributed by atoms with Crippen LogP contribution in [0.15, 0.2) is 12.3 Å². The van der Waals surface area contributed by atoms with E-state index in [-0.39, 0.29) is 6.54 Å². The molecule has 1 saturated carbocycles. The smallest absolute Gasteiger partial charge is 0.382 e. The van der Waals surface area contributed by atoms with Gasteiger partial charge in [0.25, 0.3) is 0 Å². The van der Waals surface area contributed by atoms with Crippen molar-refractivity contribution in [2.75, 3.05) is 17.2 Å². The topological polar surface area (TPSA) is 54.2 Å². The fourth-order valence-electron chi connectivity index (χ4n) is 2.76. The van der Waals surface area contributed by atoms with E-state index in [1.807, 2.05) is 0 Å². The van der Waals surface area contributed by atoms with Crippen LogP contribution in [0.5, 0.6) is 0 Å². The standard InChI is InChI=1S/C14H17F3IN5/c15-14(16,17)5-6-19-10-7-12(21-9-3-1-2-4-9)22-23-11(18)8-20-13(10)23/h7-9,19H,1-6H2,(H,21,22). The van der Waals surface area contributed by atoms with Gasteiger partial charge in [0.2, 0.25) is 0 Å². The number of fused-ring (bicyclic) bond motifs is 1. The summed E-state index contributed by atoms with van der Waals surface area (Å²) in [7, 11) is 0. The largest absolute Gasteiger partial charge is 0.390 e. The van der Waals surface area contributed by atoms with Gasteiger partial charge in [-0.2, -0.15) is 13.2 Å². The second-order valence-corrected chi connectivity index (χ2v) is 6.78. The highest BCUT2D eigenvalue weighted by atomic mass is 127. The number of rotatable bonds is 5. The van der Waals surface area contributed by atoms with E-state index in [9.17, 15) is 13.2 Å². The lowest BCUT2D eigenvalue weighted by Crippen LogP contribution is -2.18. The molecule has 1 aliphatic rings. The van der Waals surface area contributed by atoms with Gasteiger partial charge in [-0.05, 0) is 35.4 Å². The molecule has 0 aliphatic heterocycles. The maximum atomic E-state index is 12.3. The number of alkyl halides is 3. The van der Waals surface area contributed by atoms with Gasteiger partial charge in [0.1, 0.15) is 9.52 Å². The van der Waals surface area contributed by atoms with Crippen LogP contribution < -0.4 is 10.6 Å². The van der Waals surface area contributed by atoms with E-state index >= 15 is 0 Å². The maximum Gasteiger partial charge on any atom is 0.390 e. The summed E-state index contributed by atoms with van der Waals surface area (Å²) >= 11 is 2.10. The molecule has 3 rings (SSSR count). The van der Waals surface area contributed by atoms with Crippen LogP contribution in [0.4, 0.5) is 24.7 Å². The van der Waals surface area contributed by atoms with Gasteiger partial charge in [-0.25, -0.2) is 9.50 Å². The molecule has 0 bridgehead atoms. The Hall–Kier alpha value is -1.26. The quantitative estimate of drug-likeness (QED) is 0.691. The molecule has 0 saturated heterocycles. The third-order valence-electron chi connectivity index (χ3n) is 3.86. The van der Waals surface area contributed by atoms with E-state index in [2.05, 4.69) is 43.3 Å². The van der Waals surface area contributed by atoms with Gasteiger partial charge >= 0.3 is 6.18 Å². The first kappa shape index (κ1) is 16.6. The van der Waals surface area contributed by atoms with Crippen molar-refractivity contribution in [2.24, 2.45) is 0 Å². The van der Waals surface area contributed by atoms with Crippen LogP contribution in [-0.4, -0.2) is 33.4 Å². The highest BCUT2D eigenvalue weighted by Gasteiger charge is 2.26. The minimum Gasteiger partial charge on any atom is -0.382 e. The molecule has 126 valence electrons. The van der Waals surface area contributed by atoms with Crippen LogP contribution in [0.3, 0.4) is 0 Å². The van der Waals surface area contributed by atoms with Gasteiger partial charge < -0.3 is 10.6 Å². The van der Waals surface area contributed by atoms with Crippen molar-refractivity contribution in [3.05, 3.63) is 16.0 Å². The molecule has 2 heterocycles. The average Bonchev–Trinajstić information content (AvgIpc) is 3.09. The first-order valence-corrected chi connectivity index (χ1v) is 8.62. The van der Waals surface area contributed by atoms with Crippen molar-refractivity contribution in [1.29, 1.82) is 0 Å². The van der Waals surface area contributed by atoms with Crippen LogP contribution in [-0.2, 0) is 0 Å². The molecule has 1 aliphatic carbocycles. The zero-order valence-corrected chi connectivity index (χ0v) is 14.5. The Kier molecular flexibility index (Phi) is 4.83. The van der Waals surface area contributed by atoms with Crippen molar-refractivity contribution >= 4 is 39.7 Å². The number of nitrogens with one attached hydrogen (secondary N) is 2. The molecular formula is C14H17F3IN5. The lowest BCUT2D eigenvalue weighted by Gasteiger charge is -2.15. The lowest BCUT2D eigenvalue weighted by molar-refractivity contribution is -0.131. The molecule has 0 spiro atoms. The zero-order valence-electron chi connectivity index (χ0n) is 12.3. The number of nitrogens with zero attached hydrogens (tertiary/aromatic N) is 3. The molecule has 1 fully saturated rings. The van der Waals surface area contributed by atoms with Crippen molar-refractivity contribution < 1.29 is 13.2 Å². The van der Waals surface area contributed by atoms with Crippen LogP contribution in [0.25, 0.3) is 5.65 Å². The molecule has 0 unspecified atom stereocenters. The molecule has 9 heteroatoms. The van der Waals surface area contributed by atoms with E-state index < -0.39 is 12.6 Å². The van der Waals surface area contributed by atoms with Crippen LogP contribution in [0, 0.1) is 3.70 Å². The summed E-state index contributed by atoms with van der Waals surface area (Å²) in [6.07, 6.45) is 1.17. The van der Waals surface area contributed by atoms with Gasteiger partial charge in [-0.1, -0.05) is 12.8 Å². The summed E-state index contributed by atoms with van der Waals surface area (Å²) in [5.41, 5.74) is 1.10. The Balaban J connectivity index is 1.82. The number of anilines is 2. The Morgan fingerprint density at radius 3 is 2.74 bits per heavy atom. The summed E-state index contributed by atoms with van der Waals surface area (Å²) in [4.78, 5) is 4.23.